The molecule has 0 aromatic carbocycles. The van der Waals surface area contributed by atoms with E-state index in [0.717, 1.165) is 5.92 Å². The van der Waals surface area contributed by atoms with E-state index in [4.69, 9.17) is 0 Å². The molecule has 1 radical (unpaired) electrons. The Morgan fingerprint density at radius 2 is 1.47 bits per heavy atom. The van der Waals surface area contributed by atoms with Crippen molar-refractivity contribution in [3.05, 3.63) is 24.0 Å². The molecule has 1 fully saturated rings. The number of nitrogens with zero attached hydrogens (tertiary/aromatic N) is 1. The molecule has 1 aliphatic heterocycles. The van der Waals surface area contributed by atoms with Crippen molar-refractivity contribution in [3.8, 4) is 0 Å². The lowest BCUT2D eigenvalue weighted by atomic mass is 9.90. The summed E-state index contributed by atoms with van der Waals surface area (Å²) in [6.07, 6.45) is 18.9. The van der Waals surface area contributed by atoms with Gasteiger partial charge in [0, 0.05) is 17.8 Å². The minimum Gasteiger partial charge on any atom is -0.261 e. The largest absolute Gasteiger partial charge is 0.261 e. The first-order chi connectivity index (χ1) is 7.47. The van der Waals surface area contributed by atoms with Gasteiger partial charge in [0.1, 0.15) is 0 Å². The molecule has 0 aromatic heterocycles. The highest BCUT2D eigenvalue weighted by molar-refractivity contribution is 5.21. The Bertz CT molecular complexity index is 230. The standard InChI is InChI=1S/C14H22N/c1-2-4-6-9-13(10-7-5-3-1)14-11-8-12-15-14/h8,11-13H,1-7,9-10H2. The molecule has 1 nitrogen and oxygen atoms in total. The minimum absolute atomic E-state index is 0.748. The minimum atomic E-state index is 0.748. The van der Waals surface area contributed by atoms with E-state index >= 15 is 0 Å². The highest BCUT2D eigenvalue weighted by atomic mass is 14.9. The molecule has 0 amide bonds. The second-order valence-corrected chi connectivity index (χ2v) is 4.81. The number of allylic oxidation sites excluding steroid dienone is 3. The van der Waals surface area contributed by atoms with Crippen molar-refractivity contribution in [3.63, 3.8) is 0 Å². The Morgan fingerprint density at radius 3 is 2.00 bits per heavy atom. The van der Waals surface area contributed by atoms with Gasteiger partial charge in [0.25, 0.3) is 0 Å². The number of rotatable bonds is 1. The third-order valence-electron chi connectivity index (χ3n) is 3.60. The lowest BCUT2D eigenvalue weighted by Gasteiger charge is -2.18. The van der Waals surface area contributed by atoms with Crippen molar-refractivity contribution < 1.29 is 0 Å². The zero-order chi connectivity index (χ0) is 10.3. The lowest BCUT2D eigenvalue weighted by Crippen LogP contribution is -2.10. The molecule has 2 rings (SSSR count). The summed E-state index contributed by atoms with van der Waals surface area (Å²) in [6, 6.07) is 0. The van der Waals surface area contributed by atoms with Crippen molar-refractivity contribution in [2.75, 3.05) is 0 Å². The van der Waals surface area contributed by atoms with Crippen molar-refractivity contribution in [1.82, 2.24) is 5.32 Å². The fraction of sp³-hybridized carbons (Fsp3) is 0.714. The summed E-state index contributed by atoms with van der Waals surface area (Å²) in [6.45, 7) is 0. The average Bonchev–Trinajstić information content (AvgIpc) is 2.79. The van der Waals surface area contributed by atoms with E-state index in [1.165, 1.54) is 63.5 Å². The molecule has 83 valence electrons. The maximum Gasteiger partial charge on any atom is 0.0435 e. The zero-order valence-corrected chi connectivity index (χ0v) is 9.62. The maximum absolute atomic E-state index is 4.47. The average molecular weight is 204 g/mol. The molecule has 0 N–H and O–H groups in total. The van der Waals surface area contributed by atoms with Crippen molar-refractivity contribution >= 4 is 0 Å². The van der Waals surface area contributed by atoms with Gasteiger partial charge in [0.2, 0.25) is 0 Å². The van der Waals surface area contributed by atoms with E-state index in [-0.39, 0.29) is 0 Å². The molecule has 0 saturated heterocycles. The predicted molar refractivity (Wildman–Crippen MR) is 64.4 cm³/mol. The van der Waals surface area contributed by atoms with E-state index in [1.54, 1.807) is 0 Å². The fourth-order valence-electron chi connectivity index (χ4n) is 2.66. The molecule has 1 heteroatoms. The summed E-state index contributed by atoms with van der Waals surface area (Å²) in [5.74, 6) is 0.748. The quantitative estimate of drug-likeness (QED) is 0.609. The van der Waals surface area contributed by atoms with Crippen LogP contribution < -0.4 is 5.32 Å². The van der Waals surface area contributed by atoms with Gasteiger partial charge < -0.3 is 0 Å². The molecule has 0 bridgehead atoms. The second-order valence-electron chi connectivity index (χ2n) is 4.81. The van der Waals surface area contributed by atoms with Gasteiger partial charge >= 0.3 is 0 Å². The molecule has 0 spiro atoms. The number of hydrogen-bond donors (Lipinski definition) is 0. The van der Waals surface area contributed by atoms with Gasteiger partial charge in [-0.25, -0.2) is 0 Å². The first-order valence-electron chi connectivity index (χ1n) is 6.54. The highest BCUT2D eigenvalue weighted by Crippen LogP contribution is 2.27. The molecule has 2 aliphatic rings. The van der Waals surface area contributed by atoms with Crippen LogP contribution in [0.4, 0.5) is 0 Å². The lowest BCUT2D eigenvalue weighted by molar-refractivity contribution is 0.421. The van der Waals surface area contributed by atoms with Crippen LogP contribution in [0.15, 0.2) is 24.0 Å². The molecular formula is C14H22N. The summed E-state index contributed by atoms with van der Waals surface area (Å²) in [5, 5.41) is 4.47. The van der Waals surface area contributed by atoms with Crippen LogP contribution in [0, 0.1) is 5.92 Å². The Hall–Kier alpha value is -0.720. The van der Waals surface area contributed by atoms with Crippen LogP contribution in [0.25, 0.3) is 0 Å². The second kappa shape index (κ2) is 5.99. The summed E-state index contributed by atoms with van der Waals surface area (Å²) in [5.41, 5.74) is 1.34. The van der Waals surface area contributed by atoms with E-state index in [0.29, 0.717) is 0 Å². The van der Waals surface area contributed by atoms with Gasteiger partial charge in [-0.1, -0.05) is 44.9 Å². The van der Waals surface area contributed by atoms with Crippen LogP contribution in [-0.2, 0) is 0 Å². The van der Waals surface area contributed by atoms with Crippen LogP contribution in [0.3, 0.4) is 0 Å². The van der Waals surface area contributed by atoms with Crippen molar-refractivity contribution in [2.24, 2.45) is 5.92 Å². The fourth-order valence-corrected chi connectivity index (χ4v) is 2.66. The summed E-state index contributed by atoms with van der Waals surface area (Å²) in [4.78, 5) is 0. The van der Waals surface area contributed by atoms with Crippen molar-refractivity contribution in [2.45, 2.75) is 57.8 Å². The molecule has 0 unspecified atom stereocenters. The van der Waals surface area contributed by atoms with Crippen LogP contribution >= 0.6 is 0 Å². The Balaban J connectivity index is 1.84. The van der Waals surface area contributed by atoms with Gasteiger partial charge in [-0.05, 0) is 25.0 Å². The van der Waals surface area contributed by atoms with Crippen LogP contribution in [0.2, 0.25) is 0 Å². The Labute approximate surface area is 93.6 Å². The van der Waals surface area contributed by atoms with Gasteiger partial charge in [0.15, 0.2) is 0 Å². The third kappa shape index (κ3) is 3.40. The van der Waals surface area contributed by atoms with Gasteiger partial charge in [-0.3, -0.25) is 5.32 Å². The molecule has 15 heavy (non-hydrogen) atoms. The van der Waals surface area contributed by atoms with E-state index in [1.807, 2.05) is 6.20 Å². The topological polar surface area (TPSA) is 14.1 Å². The molecule has 1 aliphatic carbocycles. The van der Waals surface area contributed by atoms with E-state index in [2.05, 4.69) is 17.5 Å². The molecule has 0 atom stereocenters. The van der Waals surface area contributed by atoms with Gasteiger partial charge in [-0.2, -0.15) is 0 Å². The monoisotopic (exact) mass is 204 g/mol. The Kier molecular flexibility index (Phi) is 4.31. The van der Waals surface area contributed by atoms with Crippen molar-refractivity contribution in [1.29, 1.82) is 0 Å². The summed E-state index contributed by atoms with van der Waals surface area (Å²) < 4.78 is 0. The summed E-state index contributed by atoms with van der Waals surface area (Å²) >= 11 is 0. The van der Waals surface area contributed by atoms with E-state index < -0.39 is 0 Å². The smallest absolute Gasteiger partial charge is 0.0435 e. The molecule has 1 saturated carbocycles. The zero-order valence-electron chi connectivity index (χ0n) is 9.62. The highest BCUT2D eigenvalue weighted by Gasteiger charge is 2.16. The van der Waals surface area contributed by atoms with Crippen LogP contribution in [0.5, 0.6) is 0 Å². The molecule has 0 aromatic rings. The maximum atomic E-state index is 4.47. The molecule has 1 heterocycles. The van der Waals surface area contributed by atoms with Gasteiger partial charge in [0.05, 0.1) is 0 Å². The summed E-state index contributed by atoms with van der Waals surface area (Å²) in [7, 11) is 0. The predicted octanol–water partition coefficient (Wildman–Crippen LogP) is 4.14. The van der Waals surface area contributed by atoms with Crippen LogP contribution in [-0.4, -0.2) is 0 Å². The number of hydrogen-bond acceptors (Lipinski definition) is 0. The Morgan fingerprint density at radius 1 is 0.867 bits per heavy atom. The molecular weight excluding hydrogens is 182 g/mol. The first kappa shape index (κ1) is 10.8. The van der Waals surface area contributed by atoms with Crippen LogP contribution in [0.1, 0.15) is 57.8 Å². The van der Waals surface area contributed by atoms with E-state index in [9.17, 15) is 0 Å². The SMILES string of the molecule is C1=C[N]C(C2CCCCCCCCC2)=C1. The normalized spacial score (nSPS) is 24.7. The third-order valence-corrected chi connectivity index (χ3v) is 3.60. The first-order valence-corrected chi connectivity index (χ1v) is 6.54. The van der Waals surface area contributed by atoms with Gasteiger partial charge in [-0.15, -0.1) is 0 Å².